The van der Waals surface area contributed by atoms with Crippen LogP contribution in [0.3, 0.4) is 0 Å². The number of benzene rings is 1. The van der Waals surface area contributed by atoms with Crippen LogP contribution >= 0.6 is 15.9 Å². The summed E-state index contributed by atoms with van der Waals surface area (Å²) in [5.41, 5.74) is 7.99. The number of anilines is 1. The van der Waals surface area contributed by atoms with Crippen LogP contribution < -0.4 is 10.6 Å². The summed E-state index contributed by atoms with van der Waals surface area (Å²) >= 11 is 3.69. The Labute approximate surface area is 130 Å². The minimum Gasteiger partial charge on any atom is -0.366 e. The fourth-order valence-electron chi connectivity index (χ4n) is 3.02. The first kappa shape index (κ1) is 15.8. The van der Waals surface area contributed by atoms with Gasteiger partial charge in [-0.15, -0.1) is 0 Å². The Bertz CT molecular complexity index is 481. The quantitative estimate of drug-likeness (QED) is 0.888. The lowest BCUT2D eigenvalue weighted by Gasteiger charge is -2.48. The van der Waals surface area contributed by atoms with E-state index in [0.29, 0.717) is 0 Å². The summed E-state index contributed by atoms with van der Waals surface area (Å²) in [6.07, 6.45) is 0. The maximum Gasteiger partial charge on any atom is 0.0808 e. The Morgan fingerprint density at radius 2 is 1.75 bits per heavy atom. The molecular weight excluding hydrogens is 316 g/mol. The molecule has 3 nitrogen and oxygen atoms in total. The number of morpholine rings is 1. The van der Waals surface area contributed by atoms with Gasteiger partial charge in [-0.1, -0.05) is 6.07 Å². The molecule has 0 radical (unpaired) electrons. The van der Waals surface area contributed by atoms with Gasteiger partial charge in [0.1, 0.15) is 0 Å². The molecule has 1 atom stereocenters. The first-order valence-corrected chi connectivity index (χ1v) is 7.89. The van der Waals surface area contributed by atoms with Gasteiger partial charge in [-0.05, 0) is 68.2 Å². The van der Waals surface area contributed by atoms with E-state index in [9.17, 15) is 0 Å². The van der Waals surface area contributed by atoms with Gasteiger partial charge >= 0.3 is 0 Å². The molecule has 2 N–H and O–H groups in total. The zero-order valence-corrected chi connectivity index (χ0v) is 14.6. The van der Waals surface area contributed by atoms with Crippen LogP contribution in [0.1, 0.15) is 46.2 Å². The fraction of sp³-hybridized carbons (Fsp3) is 0.625. The van der Waals surface area contributed by atoms with E-state index in [1.54, 1.807) is 0 Å². The molecule has 4 heteroatoms. The molecule has 1 aliphatic heterocycles. The molecule has 0 bridgehead atoms. The number of ether oxygens (including phenoxy) is 1. The lowest BCUT2D eigenvalue weighted by Crippen LogP contribution is -2.57. The van der Waals surface area contributed by atoms with Crippen LogP contribution in [0.4, 0.5) is 5.69 Å². The van der Waals surface area contributed by atoms with Crippen LogP contribution in [0.25, 0.3) is 0 Å². The second-order valence-electron chi connectivity index (χ2n) is 6.98. The summed E-state index contributed by atoms with van der Waals surface area (Å²) in [7, 11) is 0. The van der Waals surface area contributed by atoms with Crippen LogP contribution in [0.15, 0.2) is 22.7 Å². The second-order valence-corrected chi connectivity index (χ2v) is 7.83. The van der Waals surface area contributed by atoms with Crippen molar-refractivity contribution < 1.29 is 4.74 Å². The molecule has 1 aliphatic rings. The molecule has 2 rings (SSSR count). The highest BCUT2D eigenvalue weighted by atomic mass is 79.9. The summed E-state index contributed by atoms with van der Waals surface area (Å²) in [5, 5.41) is 0. The largest absolute Gasteiger partial charge is 0.366 e. The van der Waals surface area contributed by atoms with Crippen LogP contribution in [0, 0.1) is 0 Å². The predicted molar refractivity (Wildman–Crippen MR) is 88.2 cm³/mol. The Kier molecular flexibility index (Phi) is 4.20. The third-order valence-electron chi connectivity index (χ3n) is 3.53. The highest BCUT2D eigenvalue weighted by Gasteiger charge is 2.38. The van der Waals surface area contributed by atoms with Crippen molar-refractivity contribution in [3.63, 3.8) is 0 Å². The maximum atomic E-state index is 6.14. The molecule has 1 saturated heterocycles. The molecule has 1 aromatic carbocycles. The molecule has 0 aromatic heterocycles. The standard InChI is InChI=1S/C16H25BrN2O/c1-11(18)12-6-7-14(13(17)8-12)19-9-15(2,3)20-16(4,5)10-19/h6-8,11H,9-10,18H2,1-5H3/t11-/m0/s1. The van der Waals surface area contributed by atoms with Crippen LogP contribution in [-0.2, 0) is 4.74 Å². The number of nitrogens with zero attached hydrogens (tertiary/aromatic N) is 1. The summed E-state index contributed by atoms with van der Waals surface area (Å²) in [5.74, 6) is 0. The zero-order valence-electron chi connectivity index (χ0n) is 13.0. The third-order valence-corrected chi connectivity index (χ3v) is 4.17. The van der Waals surface area contributed by atoms with Crippen molar-refractivity contribution in [2.24, 2.45) is 5.73 Å². The zero-order chi connectivity index (χ0) is 15.1. The Morgan fingerprint density at radius 1 is 1.20 bits per heavy atom. The molecule has 0 aliphatic carbocycles. The summed E-state index contributed by atoms with van der Waals surface area (Å²) < 4.78 is 7.24. The number of rotatable bonds is 2. The first-order valence-electron chi connectivity index (χ1n) is 7.10. The Morgan fingerprint density at radius 3 is 2.20 bits per heavy atom. The van der Waals surface area contributed by atoms with Crippen LogP contribution in [0.5, 0.6) is 0 Å². The highest BCUT2D eigenvalue weighted by molar-refractivity contribution is 9.10. The average molecular weight is 341 g/mol. The lowest BCUT2D eigenvalue weighted by atomic mass is 9.98. The van der Waals surface area contributed by atoms with E-state index in [1.165, 1.54) is 5.69 Å². The van der Waals surface area contributed by atoms with Crippen molar-refractivity contribution in [1.82, 2.24) is 0 Å². The van der Waals surface area contributed by atoms with Gasteiger partial charge in [0, 0.05) is 23.6 Å². The minimum atomic E-state index is -0.152. The molecule has 112 valence electrons. The number of hydrogen-bond acceptors (Lipinski definition) is 3. The lowest BCUT2D eigenvalue weighted by molar-refractivity contribution is -0.133. The van der Waals surface area contributed by atoms with E-state index >= 15 is 0 Å². The average Bonchev–Trinajstić information content (AvgIpc) is 2.24. The van der Waals surface area contributed by atoms with Gasteiger partial charge in [-0.2, -0.15) is 0 Å². The topological polar surface area (TPSA) is 38.5 Å². The fourth-order valence-corrected chi connectivity index (χ4v) is 3.67. The molecular formula is C16H25BrN2O. The van der Waals surface area contributed by atoms with Gasteiger partial charge in [0.2, 0.25) is 0 Å². The van der Waals surface area contributed by atoms with E-state index in [0.717, 1.165) is 23.1 Å². The van der Waals surface area contributed by atoms with Crippen LogP contribution in [0.2, 0.25) is 0 Å². The molecule has 0 spiro atoms. The second kappa shape index (κ2) is 5.32. The van der Waals surface area contributed by atoms with Gasteiger partial charge in [0.05, 0.1) is 16.9 Å². The van der Waals surface area contributed by atoms with Crippen molar-refractivity contribution in [3.05, 3.63) is 28.2 Å². The molecule has 20 heavy (non-hydrogen) atoms. The summed E-state index contributed by atoms with van der Waals surface area (Å²) in [6, 6.07) is 6.44. The van der Waals surface area contributed by atoms with Crippen LogP contribution in [-0.4, -0.2) is 24.3 Å². The Balaban J connectivity index is 2.31. The maximum absolute atomic E-state index is 6.14. The van der Waals surface area contributed by atoms with Crippen molar-refractivity contribution in [2.45, 2.75) is 51.9 Å². The van der Waals surface area contributed by atoms with E-state index in [-0.39, 0.29) is 17.2 Å². The monoisotopic (exact) mass is 340 g/mol. The predicted octanol–water partition coefficient (Wildman–Crippen LogP) is 3.86. The molecule has 1 fully saturated rings. The van der Waals surface area contributed by atoms with Gasteiger partial charge in [-0.3, -0.25) is 0 Å². The van der Waals surface area contributed by atoms with E-state index in [1.807, 2.05) is 6.92 Å². The minimum absolute atomic E-state index is 0.0536. The number of hydrogen-bond donors (Lipinski definition) is 1. The van der Waals surface area contributed by atoms with Crippen molar-refractivity contribution in [2.75, 3.05) is 18.0 Å². The number of halogens is 1. The van der Waals surface area contributed by atoms with E-state index in [4.69, 9.17) is 10.5 Å². The molecule has 0 saturated carbocycles. The van der Waals surface area contributed by atoms with Gasteiger partial charge in [0.15, 0.2) is 0 Å². The van der Waals surface area contributed by atoms with Crippen molar-refractivity contribution in [1.29, 1.82) is 0 Å². The highest BCUT2D eigenvalue weighted by Crippen LogP contribution is 2.35. The SMILES string of the molecule is C[C@H](N)c1ccc(N2CC(C)(C)OC(C)(C)C2)c(Br)c1. The molecule has 1 heterocycles. The number of nitrogens with two attached hydrogens (primary N) is 1. The molecule has 1 aromatic rings. The normalized spacial score (nSPS) is 22.6. The van der Waals surface area contributed by atoms with Crippen molar-refractivity contribution >= 4 is 21.6 Å². The molecule has 0 amide bonds. The smallest absolute Gasteiger partial charge is 0.0808 e. The van der Waals surface area contributed by atoms with Gasteiger partial charge < -0.3 is 15.4 Å². The summed E-state index contributed by atoms with van der Waals surface area (Å²) in [6.45, 7) is 12.3. The van der Waals surface area contributed by atoms with E-state index < -0.39 is 0 Å². The summed E-state index contributed by atoms with van der Waals surface area (Å²) in [4.78, 5) is 2.39. The first-order chi connectivity index (χ1) is 9.10. The van der Waals surface area contributed by atoms with E-state index in [2.05, 4.69) is 66.7 Å². The molecule has 0 unspecified atom stereocenters. The van der Waals surface area contributed by atoms with Crippen molar-refractivity contribution in [3.8, 4) is 0 Å². The Hall–Kier alpha value is -0.580. The van der Waals surface area contributed by atoms with Gasteiger partial charge in [0.25, 0.3) is 0 Å². The van der Waals surface area contributed by atoms with Gasteiger partial charge in [-0.25, -0.2) is 0 Å². The third kappa shape index (κ3) is 3.54.